The van der Waals surface area contributed by atoms with Crippen LogP contribution in [0.25, 0.3) is 0 Å². The summed E-state index contributed by atoms with van der Waals surface area (Å²) in [7, 11) is 0. The van der Waals surface area contributed by atoms with Gasteiger partial charge in [-0.1, -0.05) is 17.7 Å². The van der Waals surface area contributed by atoms with Gasteiger partial charge in [-0.2, -0.15) is 0 Å². The Hall–Kier alpha value is -2.27. The molecule has 1 unspecified atom stereocenters. The van der Waals surface area contributed by atoms with E-state index in [4.69, 9.17) is 0 Å². The number of carbonyl (C=O) groups excluding carboxylic acids is 1. The molecule has 114 valence electrons. The molecule has 0 radical (unpaired) electrons. The van der Waals surface area contributed by atoms with Gasteiger partial charge in [0.25, 0.3) is 5.91 Å². The zero-order valence-corrected chi connectivity index (χ0v) is 12.0. The number of benzene rings is 2. The predicted octanol–water partition coefficient (Wildman–Crippen LogP) is 3.36. The summed E-state index contributed by atoms with van der Waals surface area (Å²) >= 11 is 0. The minimum Gasteiger partial charge on any atom is -0.388 e. The summed E-state index contributed by atoms with van der Waals surface area (Å²) in [4.78, 5) is 14.1. The quantitative estimate of drug-likeness (QED) is 0.877. The molecule has 1 atom stereocenters. The molecule has 22 heavy (non-hydrogen) atoms. The number of carbonyl (C=O) groups is 1. The summed E-state index contributed by atoms with van der Waals surface area (Å²) in [5.74, 6) is -2.44. The van der Waals surface area contributed by atoms with Gasteiger partial charge in [-0.05, 0) is 37.6 Å². The molecule has 0 aliphatic carbocycles. The van der Waals surface area contributed by atoms with Crippen molar-refractivity contribution in [3.05, 3.63) is 64.7 Å². The standard InChI is InChI=1S/C17H15F2NO2/c1-10-2-5-15-12(8-10)16(21)6-7-20(15)17(22)11-3-4-13(18)14(19)9-11/h2-5,8-9,16,21H,6-7H2,1H3. The van der Waals surface area contributed by atoms with E-state index in [0.717, 1.165) is 17.7 Å². The molecular weight excluding hydrogens is 288 g/mol. The van der Waals surface area contributed by atoms with Crippen molar-refractivity contribution in [3.63, 3.8) is 0 Å². The lowest BCUT2D eigenvalue weighted by atomic mass is 9.96. The maximum Gasteiger partial charge on any atom is 0.258 e. The largest absolute Gasteiger partial charge is 0.388 e. The third kappa shape index (κ3) is 2.48. The number of aryl methyl sites for hydroxylation is 1. The fourth-order valence-electron chi connectivity index (χ4n) is 2.71. The highest BCUT2D eigenvalue weighted by Gasteiger charge is 2.28. The van der Waals surface area contributed by atoms with E-state index < -0.39 is 23.6 Å². The number of hydrogen-bond acceptors (Lipinski definition) is 2. The van der Waals surface area contributed by atoms with Crippen LogP contribution in [0.1, 0.15) is 34.0 Å². The molecule has 1 aliphatic rings. The van der Waals surface area contributed by atoms with Crippen LogP contribution in [0.3, 0.4) is 0 Å². The normalized spacial score (nSPS) is 17.3. The molecule has 0 saturated heterocycles. The number of aliphatic hydroxyl groups is 1. The third-order valence-corrected chi connectivity index (χ3v) is 3.87. The van der Waals surface area contributed by atoms with Crippen molar-refractivity contribution in [2.24, 2.45) is 0 Å². The minimum atomic E-state index is -1.05. The summed E-state index contributed by atoms with van der Waals surface area (Å²) in [6, 6.07) is 8.56. The fraction of sp³-hybridized carbons (Fsp3) is 0.235. The van der Waals surface area contributed by atoms with Crippen LogP contribution in [-0.2, 0) is 0 Å². The first-order valence-electron chi connectivity index (χ1n) is 7.03. The smallest absolute Gasteiger partial charge is 0.258 e. The SMILES string of the molecule is Cc1ccc2c(c1)C(O)CCN2C(=O)c1ccc(F)c(F)c1. The second-order valence-electron chi connectivity index (χ2n) is 5.45. The van der Waals surface area contributed by atoms with Gasteiger partial charge in [0.2, 0.25) is 0 Å². The molecule has 0 saturated carbocycles. The monoisotopic (exact) mass is 303 g/mol. The van der Waals surface area contributed by atoms with E-state index in [1.54, 1.807) is 6.07 Å². The highest BCUT2D eigenvalue weighted by Crippen LogP contribution is 2.35. The number of rotatable bonds is 1. The Morgan fingerprint density at radius 1 is 1.18 bits per heavy atom. The lowest BCUT2D eigenvalue weighted by Gasteiger charge is -2.32. The summed E-state index contributed by atoms with van der Waals surface area (Å²) in [5.41, 5.74) is 2.36. The van der Waals surface area contributed by atoms with Crippen LogP contribution in [0.5, 0.6) is 0 Å². The molecule has 0 spiro atoms. The zero-order chi connectivity index (χ0) is 15.9. The van der Waals surface area contributed by atoms with Crippen molar-refractivity contribution < 1.29 is 18.7 Å². The number of nitrogens with zero attached hydrogens (tertiary/aromatic N) is 1. The molecular formula is C17H15F2NO2. The van der Waals surface area contributed by atoms with E-state index in [1.165, 1.54) is 11.0 Å². The summed E-state index contributed by atoms with van der Waals surface area (Å²) in [6.07, 6.45) is -0.213. The van der Waals surface area contributed by atoms with E-state index in [9.17, 15) is 18.7 Å². The summed E-state index contributed by atoms with van der Waals surface area (Å²) < 4.78 is 26.3. The van der Waals surface area contributed by atoms with Gasteiger partial charge >= 0.3 is 0 Å². The number of hydrogen-bond donors (Lipinski definition) is 1. The maximum absolute atomic E-state index is 13.3. The van der Waals surface area contributed by atoms with Gasteiger partial charge in [-0.15, -0.1) is 0 Å². The fourth-order valence-corrected chi connectivity index (χ4v) is 2.71. The minimum absolute atomic E-state index is 0.0850. The second-order valence-corrected chi connectivity index (χ2v) is 5.45. The van der Waals surface area contributed by atoms with Crippen LogP contribution in [0, 0.1) is 18.6 Å². The van der Waals surface area contributed by atoms with E-state index >= 15 is 0 Å². The van der Waals surface area contributed by atoms with Crippen LogP contribution in [0.4, 0.5) is 14.5 Å². The number of amides is 1. The molecule has 0 bridgehead atoms. The van der Waals surface area contributed by atoms with Crippen molar-refractivity contribution in [2.45, 2.75) is 19.4 Å². The van der Waals surface area contributed by atoms with Crippen LogP contribution in [-0.4, -0.2) is 17.6 Å². The van der Waals surface area contributed by atoms with Crippen molar-refractivity contribution in [2.75, 3.05) is 11.4 Å². The first-order chi connectivity index (χ1) is 10.5. The Bertz CT molecular complexity index is 745. The Balaban J connectivity index is 2.00. The highest BCUT2D eigenvalue weighted by atomic mass is 19.2. The van der Waals surface area contributed by atoms with Crippen LogP contribution in [0.2, 0.25) is 0 Å². The van der Waals surface area contributed by atoms with Gasteiger partial charge < -0.3 is 10.0 Å². The number of fused-ring (bicyclic) bond motifs is 1. The first kappa shape index (κ1) is 14.7. The highest BCUT2D eigenvalue weighted by molar-refractivity contribution is 6.06. The predicted molar refractivity (Wildman–Crippen MR) is 78.8 cm³/mol. The van der Waals surface area contributed by atoms with Gasteiger partial charge in [0.1, 0.15) is 0 Å². The molecule has 3 nitrogen and oxygen atoms in total. The Morgan fingerprint density at radius 3 is 2.68 bits per heavy atom. The topological polar surface area (TPSA) is 40.5 Å². The Kier molecular flexibility index (Phi) is 3.66. The second kappa shape index (κ2) is 5.50. The lowest BCUT2D eigenvalue weighted by molar-refractivity contribution is 0.0970. The van der Waals surface area contributed by atoms with E-state index in [0.29, 0.717) is 24.2 Å². The molecule has 1 N–H and O–H groups in total. The lowest BCUT2D eigenvalue weighted by Crippen LogP contribution is -2.36. The molecule has 0 aromatic heterocycles. The maximum atomic E-state index is 13.3. The molecule has 2 aromatic rings. The van der Waals surface area contributed by atoms with Crippen molar-refractivity contribution in [1.29, 1.82) is 0 Å². The van der Waals surface area contributed by atoms with Crippen LogP contribution >= 0.6 is 0 Å². The van der Waals surface area contributed by atoms with E-state index in [2.05, 4.69) is 0 Å². The van der Waals surface area contributed by atoms with Gasteiger partial charge in [-0.25, -0.2) is 8.78 Å². The molecule has 2 aromatic carbocycles. The van der Waals surface area contributed by atoms with Gasteiger partial charge in [-0.3, -0.25) is 4.79 Å². The summed E-state index contributed by atoms with van der Waals surface area (Å²) in [6.45, 7) is 2.23. The van der Waals surface area contributed by atoms with Gasteiger partial charge in [0.15, 0.2) is 11.6 Å². The van der Waals surface area contributed by atoms with Gasteiger partial charge in [0.05, 0.1) is 6.10 Å². The molecule has 1 heterocycles. The molecule has 1 amide bonds. The van der Waals surface area contributed by atoms with Crippen molar-refractivity contribution in [1.82, 2.24) is 0 Å². The molecule has 3 rings (SSSR count). The molecule has 5 heteroatoms. The van der Waals surface area contributed by atoms with Crippen LogP contribution in [0.15, 0.2) is 36.4 Å². The molecule has 0 fully saturated rings. The number of anilines is 1. The van der Waals surface area contributed by atoms with Crippen LogP contribution < -0.4 is 4.90 Å². The zero-order valence-electron chi connectivity index (χ0n) is 12.0. The average molecular weight is 303 g/mol. The van der Waals surface area contributed by atoms with Crippen molar-refractivity contribution >= 4 is 11.6 Å². The summed E-state index contributed by atoms with van der Waals surface area (Å²) in [5, 5.41) is 10.1. The number of halogens is 2. The van der Waals surface area contributed by atoms with E-state index in [1.807, 2.05) is 19.1 Å². The average Bonchev–Trinajstić information content (AvgIpc) is 2.50. The van der Waals surface area contributed by atoms with Gasteiger partial charge in [0, 0.05) is 23.4 Å². The molecule has 1 aliphatic heterocycles. The van der Waals surface area contributed by atoms with E-state index in [-0.39, 0.29) is 5.56 Å². The first-order valence-corrected chi connectivity index (χ1v) is 7.03. The Morgan fingerprint density at radius 2 is 1.95 bits per heavy atom. The Labute approximate surface area is 126 Å². The third-order valence-electron chi connectivity index (χ3n) is 3.87. The number of aliphatic hydroxyl groups excluding tert-OH is 1. The van der Waals surface area contributed by atoms with Crippen molar-refractivity contribution in [3.8, 4) is 0 Å².